The van der Waals surface area contributed by atoms with Crippen molar-refractivity contribution in [1.29, 1.82) is 0 Å². The van der Waals surface area contributed by atoms with Crippen molar-refractivity contribution in [3.05, 3.63) is 34.8 Å². The Morgan fingerprint density at radius 1 is 0.557 bits per heavy atom. The van der Waals surface area contributed by atoms with Crippen LogP contribution >= 0.6 is 0 Å². The molecule has 1 saturated heterocycles. The van der Waals surface area contributed by atoms with Gasteiger partial charge in [0.15, 0.2) is 17.5 Å². The summed E-state index contributed by atoms with van der Waals surface area (Å²) in [6.45, 7) is 8.52. The van der Waals surface area contributed by atoms with Crippen molar-refractivity contribution in [2.75, 3.05) is 14.2 Å². The molecule has 0 N–H and O–H groups in total. The molecular weight excluding hydrogens is 861 g/mol. The first-order chi connectivity index (χ1) is 34.0. The third-order valence-corrected chi connectivity index (χ3v) is 12.3. The Morgan fingerprint density at radius 2 is 0.971 bits per heavy atom. The molecule has 6 nitrogen and oxygen atoms in total. The monoisotopic (exact) mass is 900 g/mol. The number of ether oxygens (including phenoxy) is 2. The fourth-order valence-corrected chi connectivity index (χ4v) is 9.02. The third-order valence-electron chi connectivity index (χ3n) is 12.3. The number of Topliss-reactive ketones (excluding diaryl/α,β-unsaturated/α-hetero) is 1. The maximum absolute atomic E-state index is 14.2. The van der Waals surface area contributed by atoms with E-state index < -0.39 is 10.8 Å². The number of terminal acetylenes is 2. The van der Waals surface area contributed by atoms with Gasteiger partial charge in [0, 0.05) is 156 Å². The van der Waals surface area contributed by atoms with Crippen LogP contribution < -0.4 is 5.11 Å². The van der Waals surface area contributed by atoms with Crippen LogP contribution in [-0.4, -0.2) is 59.5 Å². The van der Waals surface area contributed by atoms with E-state index in [2.05, 4.69) is 229 Å². The van der Waals surface area contributed by atoms with E-state index in [0.717, 1.165) is 49.9 Å². The summed E-state index contributed by atoms with van der Waals surface area (Å²) in [5, 5.41) is 14.2. The highest BCUT2D eigenvalue weighted by Crippen LogP contribution is 2.54. The van der Waals surface area contributed by atoms with Crippen molar-refractivity contribution in [3.8, 4) is 214 Å². The minimum atomic E-state index is -0.445. The molecule has 3 fully saturated rings. The number of hydrogen-bond acceptors (Lipinski definition) is 5. The second-order valence-corrected chi connectivity index (χ2v) is 16.7. The molecule has 70 heavy (non-hydrogen) atoms. The maximum Gasteiger partial charge on any atom is 0.237 e. The Hall–Kier alpha value is -9.84. The first-order valence-electron chi connectivity index (χ1n) is 21.8. The Labute approximate surface area is 415 Å². The van der Waals surface area contributed by atoms with Gasteiger partial charge in [-0.1, -0.05) is 19.6 Å². The molecule has 0 bridgehead atoms. The summed E-state index contributed by atoms with van der Waals surface area (Å²) >= 11 is 0. The van der Waals surface area contributed by atoms with Crippen molar-refractivity contribution < 1.29 is 24.0 Å². The number of hydrogen-bond donors (Lipinski definition) is 0. The van der Waals surface area contributed by atoms with Crippen LogP contribution in [0.25, 0.3) is 0 Å². The van der Waals surface area contributed by atoms with E-state index in [0.29, 0.717) is 0 Å². The second kappa shape index (κ2) is 25.7. The Morgan fingerprint density at radius 3 is 1.41 bits per heavy atom. The summed E-state index contributed by atoms with van der Waals surface area (Å²) in [7, 11) is 3.46. The lowest BCUT2D eigenvalue weighted by molar-refractivity contribution is -0.483. The second-order valence-electron chi connectivity index (χ2n) is 16.7. The Balaban J connectivity index is 1.43. The highest BCUT2D eigenvalue weighted by Gasteiger charge is 2.57. The molecule has 0 aromatic heterocycles. The molecule has 0 aromatic carbocycles. The highest BCUT2D eigenvalue weighted by atomic mass is 16.5. The Bertz CT molecular complexity index is 3560. The molecule has 330 valence electrons. The predicted octanol–water partition coefficient (Wildman–Crippen LogP) is 3.43. The first kappa shape index (κ1) is 51.1. The summed E-state index contributed by atoms with van der Waals surface area (Å²) < 4.78 is 13.6. The Kier molecular flexibility index (Phi) is 18.8. The normalized spacial score (nSPS) is 22.3. The molecular formula is C64H40N2O4. The number of methoxy groups -OCH3 is 2. The van der Waals surface area contributed by atoms with Gasteiger partial charge in [-0.15, -0.1) is 17.4 Å². The fraction of sp³-hybridized carbons (Fsp3) is 0.312. The van der Waals surface area contributed by atoms with E-state index in [1.165, 1.54) is 0 Å². The predicted molar refractivity (Wildman–Crippen MR) is 269 cm³/mol. The molecule has 2 saturated carbocycles. The highest BCUT2D eigenvalue weighted by molar-refractivity contribution is 6.23. The zero-order valence-electron chi connectivity index (χ0n) is 39.5. The minimum Gasteiger partial charge on any atom is -0.871 e. The molecule has 2 aliphatic heterocycles. The molecule has 6 unspecified atom stereocenters. The molecule has 3 aliphatic carbocycles. The third kappa shape index (κ3) is 13.2. The standard InChI is InChI=1S/C64H40N2O4/c1-9-11-13-15-17-19-21-23-25-27-29-31-33-35-37-39-45-65-57-43-41-51(69-7)47-55(57)63(3,4)59(65)49-53-61(67)54(62(53)68)50-60-64(5,6)56-48-52(70-8)42-44-58(56)66(60)46-40-38-36-34-32-30-28-26-24-22-20-18-16-14-12-10-2/h1-2,49-52,55-58H,41-44,47-48H2,3-8H3. The van der Waals surface area contributed by atoms with E-state index in [-0.39, 0.29) is 58.8 Å². The summed E-state index contributed by atoms with van der Waals surface area (Å²) in [5.74, 6) is 81.6. The zero-order valence-corrected chi connectivity index (χ0v) is 39.5. The number of allylic oxidation sites excluding steroid dienone is 5. The summed E-state index contributed by atoms with van der Waals surface area (Å²) in [6, 6.07) is 6.51. The fourth-order valence-electron chi connectivity index (χ4n) is 9.02. The number of nitrogens with zero attached hydrogens (tertiary/aromatic N) is 2. The number of rotatable bonds is 4. The topological polar surface area (TPSA) is 64.8 Å². The van der Waals surface area contributed by atoms with E-state index in [9.17, 15) is 9.90 Å². The van der Waals surface area contributed by atoms with E-state index in [1.54, 1.807) is 26.4 Å². The number of likely N-dealkylation sites (tertiary alicyclic amines) is 1. The van der Waals surface area contributed by atoms with Gasteiger partial charge in [0.05, 0.1) is 23.5 Å². The number of fused-ring (bicyclic) bond motifs is 2. The molecule has 6 heteroatoms. The van der Waals surface area contributed by atoms with Crippen molar-refractivity contribution >= 4 is 11.5 Å². The van der Waals surface area contributed by atoms with E-state index in [1.807, 2.05) is 9.48 Å². The van der Waals surface area contributed by atoms with Crippen molar-refractivity contribution in [3.63, 3.8) is 0 Å². The number of carbonyl (C=O) groups excluding carboxylic acids is 1. The number of carbonyl (C=O) groups is 1. The van der Waals surface area contributed by atoms with Gasteiger partial charge in [-0.2, -0.15) is 0 Å². The largest absolute Gasteiger partial charge is 0.871 e. The molecule has 0 radical (unpaired) electrons. The zero-order chi connectivity index (χ0) is 50.2. The lowest BCUT2D eigenvalue weighted by atomic mass is 9.67. The quantitative estimate of drug-likeness (QED) is 0.246. The molecule has 0 spiro atoms. The van der Waals surface area contributed by atoms with Crippen LogP contribution in [-0.2, 0) is 14.3 Å². The number of ketones is 1. The molecule has 0 amide bonds. The average molecular weight is 901 g/mol. The minimum absolute atomic E-state index is 0.0317. The van der Waals surface area contributed by atoms with E-state index in [4.69, 9.17) is 22.3 Å². The molecule has 5 rings (SSSR count). The van der Waals surface area contributed by atoms with Crippen molar-refractivity contribution in [2.45, 2.75) is 90.5 Å². The van der Waals surface area contributed by atoms with Crippen LogP contribution in [0.1, 0.15) is 66.2 Å². The summed E-state index contributed by atoms with van der Waals surface area (Å²) in [6.07, 6.45) is 18.6. The van der Waals surface area contributed by atoms with Gasteiger partial charge >= 0.3 is 0 Å². The lowest BCUT2D eigenvalue weighted by Gasteiger charge is -2.36. The summed E-state index contributed by atoms with van der Waals surface area (Å²) in [5.41, 5.74) is 0.908. The van der Waals surface area contributed by atoms with Gasteiger partial charge in [0.1, 0.15) is 0 Å². The SMILES string of the molecule is C#CC#CC#CC#CC#CC#CC#CC#CC#CN1C(=CC2=C([O-])C(=CC3=[N+](C#CC#CC#CC#CC#CC#CC#CC#CC#C)C4CCC(OC)CC4C3(C)C)C2=O)C(C)(C)C2CC(OC)CCC21. The first-order valence-corrected chi connectivity index (χ1v) is 21.8. The van der Waals surface area contributed by atoms with Crippen LogP contribution in [0, 0.1) is 237 Å². The van der Waals surface area contributed by atoms with E-state index >= 15 is 0 Å². The van der Waals surface area contributed by atoms with Crippen molar-refractivity contribution in [1.82, 2.24) is 4.90 Å². The van der Waals surface area contributed by atoms with Crippen LogP contribution in [0.15, 0.2) is 34.8 Å². The van der Waals surface area contributed by atoms with Gasteiger partial charge in [0.25, 0.3) is 0 Å². The maximum atomic E-state index is 14.2. The van der Waals surface area contributed by atoms with Crippen LogP contribution in [0.2, 0.25) is 0 Å². The van der Waals surface area contributed by atoms with Crippen LogP contribution in [0.5, 0.6) is 0 Å². The lowest BCUT2D eigenvalue weighted by Crippen LogP contribution is -2.39. The molecule has 2 heterocycles. The average Bonchev–Trinajstić information content (AvgIpc) is 3.70. The van der Waals surface area contributed by atoms with Gasteiger partial charge < -0.3 is 19.5 Å². The molecule has 0 aromatic rings. The summed E-state index contributed by atoms with van der Waals surface area (Å²) in [4.78, 5) is 16.1. The molecule has 5 aliphatic rings. The smallest absolute Gasteiger partial charge is 0.237 e. The van der Waals surface area contributed by atoms with Gasteiger partial charge in [-0.05, 0) is 153 Å². The van der Waals surface area contributed by atoms with Gasteiger partial charge in [-0.3, -0.25) is 4.79 Å². The molecule has 6 atom stereocenters. The van der Waals surface area contributed by atoms with Gasteiger partial charge in [0.2, 0.25) is 6.04 Å². The van der Waals surface area contributed by atoms with Crippen LogP contribution in [0.3, 0.4) is 0 Å². The van der Waals surface area contributed by atoms with Crippen molar-refractivity contribution in [2.24, 2.45) is 22.7 Å². The van der Waals surface area contributed by atoms with Crippen LogP contribution in [0.4, 0.5) is 0 Å². The van der Waals surface area contributed by atoms with Gasteiger partial charge in [-0.25, -0.2) is 0 Å².